The van der Waals surface area contributed by atoms with Crippen LogP contribution in [0.5, 0.6) is 5.75 Å². The Bertz CT molecular complexity index is 1460. The lowest BCUT2D eigenvalue weighted by molar-refractivity contribution is 0.0740. The first kappa shape index (κ1) is 24.7. The van der Waals surface area contributed by atoms with Crippen LogP contribution in [0.3, 0.4) is 0 Å². The normalized spacial score (nSPS) is 11.5. The maximum atomic E-state index is 13.9. The summed E-state index contributed by atoms with van der Waals surface area (Å²) < 4.78 is 21.4. The third kappa shape index (κ3) is 5.16. The number of pyridine rings is 4. The molecule has 0 aromatic carbocycles. The molecule has 0 aliphatic rings. The lowest BCUT2D eigenvalue weighted by Crippen LogP contribution is -2.23. The van der Waals surface area contributed by atoms with Crippen molar-refractivity contribution in [2.45, 2.75) is 39.9 Å². The van der Waals surface area contributed by atoms with Gasteiger partial charge in [0.15, 0.2) is 0 Å². The quantitative estimate of drug-likeness (QED) is 0.371. The molecule has 0 unspecified atom stereocenters. The second-order valence-electron chi connectivity index (χ2n) is 8.68. The summed E-state index contributed by atoms with van der Waals surface area (Å²) in [6, 6.07) is 10.1. The molecule has 0 aliphatic carbocycles. The van der Waals surface area contributed by atoms with Crippen LogP contribution in [0.4, 0.5) is 4.39 Å². The molecule has 0 fully saturated rings. The highest BCUT2D eigenvalue weighted by molar-refractivity contribution is 9.10. The van der Waals surface area contributed by atoms with Crippen LogP contribution in [0.2, 0.25) is 0 Å². The molecule has 0 saturated carbocycles. The van der Waals surface area contributed by atoms with Crippen molar-refractivity contribution in [1.29, 1.82) is 0 Å². The molecule has 35 heavy (non-hydrogen) atoms. The SMILES string of the molecule is Cc1cnc(-c2cccc(C(C)(C)O)n2)cc1-n1c(C)cc(OCc2cnccc2F)c(Br)c1=O. The van der Waals surface area contributed by atoms with Gasteiger partial charge in [0.05, 0.1) is 22.8 Å². The highest BCUT2D eigenvalue weighted by Gasteiger charge is 2.20. The van der Waals surface area contributed by atoms with E-state index < -0.39 is 11.4 Å². The monoisotopic (exact) mass is 538 g/mol. The van der Waals surface area contributed by atoms with E-state index >= 15 is 0 Å². The van der Waals surface area contributed by atoms with Crippen LogP contribution in [-0.2, 0) is 12.2 Å². The highest BCUT2D eigenvalue weighted by atomic mass is 79.9. The van der Waals surface area contributed by atoms with Crippen LogP contribution < -0.4 is 10.3 Å². The van der Waals surface area contributed by atoms with Gasteiger partial charge in [0.25, 0.3) is 5.56 Å². The summed E-state index contributed by atoms with van der Waals surface area (Å²) in [7, 11) is 0. The van der Waals surface area contributed by atoms with Crippen molar-refractivity contribution >= 4 is 15.9 Å². The van der Waals surface area contributed by atoms with Gasteiger partial charge in [-0.25, -0.2) is 9.37 Å². The molecule has 0 aliphatic heterocycles. The zero-order valence-corrected chi connectivity index (χ0v) is 21.3. The first-order valence-electron chi connectivity index (χ1n) is 10.9. The molecular formula is C26H24BrFN4O3. The number of aryl methyl sites for hydroxylation is 2. The fourth-order valence-corrected chi connectivity index (χ4v) is 3.98. The van der Waals surface area contributed by atoms with E-state index in [9.17, 15) is 14.3 Å². The maximum Gasteiger partial charge on any atom is 0.273 e. The topological polar surface area (TPSA) is 90.1 Å². The van der Waals surface area contributed by atoms with Crippen molar-refractivity contribution in [3.8, 4) is 22.8 Å². The first-order valence-corrected chi connectivity index (χ1v) is 11.7. The fraction of sp³-hybridized carbons (Fsp3) is 0.231. The second-order valence-corrected chi connectivity index (χ2v) is 9.48. The van der Waals surface area contributed by atoms with Crippen molar-refractivity contribution in [2.75, 3.05) is 0 Å². The Balaban J connectivity index is 1.73. The molecular weight excluding hydrogens is 515 g/mol. The predicted molar refractivity (Wildman–Crippen MR) is 134 cm³/mol. The Morgan fingerprint density at radius 1 is 1.14 bits per heavy atom. The lowest BCUT2D eigenvalue weighted by Gasteiger charge is -2.18. The standard InChI is InChI=1S/C26H24BrFN4O3/c1-15-12-30-20(19-6-5-7-23(31-19)26(3,4)34)11-21(15)32-16(2)10-22(24(27)25(32)33)35-14-17-13-29-9-8-18(17)28/h5-13,34H,14H2,1-4H3. The van der Waals surface area contributed by atoms with E-state index in [2.05, 4.69) is 30.9 Å². The van der Waals surface area contributed by atoms with Gasteiger partial charge in [-0.15, -0.1) is 0 Å². The molecule has 0 amide bonds. The van der Waals surface area contributed by atoms with E-state index in [0.717, 1.165) is 5.56 Å². The Hall–Kier alpha value is -3.43. The third-order valence-corrected chi connectivity index (χ3v) is 6.21. The molecule has 4 aromatic rings. The number of nitrogens with zero attached hydrogens (tertiary/aromatic N) is 4. The number of ether oxygens (including phenoxy) is 1. The number of aromatic nitrogens is 4. The number of hydrogen-bond acceptors (Lipinski definition) is 6. The van der Waals surface area contributed by atoms with Crippen LogP contribution in [0.1, 0.15) is 36.4 Å². The second kappa shape index (κ2) is 9.67. The smallest absolute Gasteiger partial charge is 0.273 e. The average Bonchev–Trinajstić information content (AvgIpc) is 2.82. The van der Waals surface area contributed by atoms with Gasteiger partial charge < -0.3 is 9.84 Å². The number of aliphatic hydroxyl groups is 1. The Labute approximate surface area is 210 Å². The summed E-state index contributed by atoms with van der Waals surface area (Å²) in [5, 5.41) is 10.3. The van der Waals surface area contributed by atoms with Crippen molar-refractivity contribution in [3.05, 3.63) is 98.1 Å². The largest absolute Gasteiger partial charge is 0.487 e. The van der Waals surface area contributed by atoms with E-state index in [1.807, 2.05) is 13.0 Å². The number of hydrogen-bond donors (Lipinski definition) is 1. The van der Waals surface area contributed by atoms with Gasteiger partial charge in [0.2, 0.25) is 0 Å². The van der Waals surface area contributed by atoms with E-state index in [1.165, 1.54) is 18.5 Å². The molecule has 0 atom stereocenters. The van der Waals surface area contributed by atoms with Gasteiger partial charge >= 0.3 is 0 Å². The number of halogens is 2. The molecule has 180 valence electrons. The minimum absolute atomic E-state index is 0.0667. The van der Waals surface area contributed by atoms with Crippen LogP contribution in [0.15, 0.2) is 64.3 Å². The van der Waals surface area contributed by atoms with Crippen LogP contribution >= 0.6 is 15.9 Å². The Morgan fingerprint density at radius 2 is 1.91 bits per heavy atom. The first-order chi connectivity index (χ1) is 16.6. The maximum absolute atomic E-state index is 13.9. The summed E-state index contributed by atoms with van der Waals surface area (Å²) in [5.41, 5.74) is 2.56. The Morgan fingerprint density at radius 3 is 2.63 bits per heavy atom. The van der Waals surface area contributed by atoms with E-state index in [0.29, 0.717) is 34.2 Å². The Kier molecular flexibility index (Phi) is 6.82. The minimum Gasteiger partial charge on any atom is -0.487 e. The summed E-state index contributed by atoms with van der Waals surface area (Å²) in [5.74, 6) is -0.123. The summed E-state index contributed by atoms with van der Waals surface area (Å²) in [6.07, 6.45) is 4.43. The molecule has 0 saturated heterocycles. The van der Waals surface area contributed by atoms with Crippen molar-refractivity contribution in [2.24, 2.45) is 0 Å². The van der Waals surface area contributed by atoms with Gasteiger partial charge in [-0.1, -0.05) is 6.07 Å². The van der Waals surface area contributed by atoms with Crippen molar-refractivity contribution < 1.29 is 14.2 Å². The molecule has 4 heterocycles. The van der Waals surface area contributed by atoms with E-state index in [1.54, 1.807) is 55.8 Å². The number of rotatable bonds is 6. The molecule has 0 bridgehead atoms. The van der Waals surface area contributed by atoms with Gasteiger partial charge in [0.1, 0.15) is 28.2 Å². The molecule has 1 N–H and O–H groups in total. The predicted octanol–water partition coefficient (Wildman–Crippen LogP) is 5.01. The minimum atomic E-state index is -1.10. The van der Waals surface area contributed by atoms with Crippen LogP contribution in [0, 0.1) is 19.7 Å². The summed E-state index contributed by atoms with van der Waals surface area (Å²) in [4.78, 5) is 26.3. The zero-order valence-electron chi connectivity index (χ0n) is 19.7. The van der Waals surface area contributed by atoms with Gasteiger partial charge in [-0.2, -0.15) is 0 Å². The fourth-order valence-electron chi connectivity index (χ4n) is 3.57. The van der Waals surface area contributed by atoms with Gasteiger partial charge in [-0.05, 0) is 73.5 Å². The van der Waals surface area contributed by atoms with E-state index in [-0.39, 0.29) is 22.2 Å². The molecule has 4 aromatic heterocycles. The van der Waals surface area contributed by atoms with Gasteiger partial charge in [0, 0.05) is 35.9 Å². The molecule has 4 rings (SSSR count). The summed E-state index contributed by atoms with van der Waals surface area (Å²) >= 11 is 3.35. The van der Waals surface area contributed by atoms with Gasteiger partial charge in [-0.3, -0.25) is 19.3 Å². The average molecular weight is 539 g/mol. The zero-order chi connectivity index (χ0) is 25.3. The molecule has 9 heteroatoms. The van der Waals surface area contributed by atoms with Crippen LogP contribution in [0.25, 0.3) is 17.1 Å². The van der Waals surface area contributed by atoms with Crippen LogP contribution in [-0.4, -0.2) is 24.6 Å². The molecule has 0 spiro atoms. The van der Waals surface area contributed by atoms with Crippen molar-refractivity contribution in [3.63, 3.8) is 0 Å². The van der Waals surface area contributed by atoms with Crippen molar-refractivity contribution in [1.82, 2.24) is 19.5 Å². The highest BCUT2D eigenvalue weighted by Crippen LogP contribution is 2.28. The summed E-state index contributed by atoms with van der Waals surface area (Å²) in [6.45, 7) is 6.92. The molecule has 7 nitrogen and oxygen atoms in total. The lowest BCUT2D eigenvalue weighted by atomic mass is 10.0. The molecule has 0 radical (unpaired) electrons. The van der Waals surface area contributed by atoms with E-state index in [4.69, 9.17) is 4.74 Å². The third-order valence-electron chi connectivity index (χ3n) is 5.48.